The second-order valence-corrected chi connectivity index (χ2v) is 6.07. The van der Waals surface area contributed by atoms with Crippen LogP contribution in [0.15, 0.2) is 52.3 Å². The van der Waals surface area contributed by atoms with Crippen LogP contribution < -0.4 is 0 Å². The molecule has 0 bridgehead atoms. The van der Waals surface area contributed by atoms with Crippen LogP contribution in [0.5, 0.6) is 0 Å². The molecule has 0 amide bonds. The molecule has 0 radical (unpaired) electrons. The van der Waals surface area contributed by atoms with Gasteiger partial charge in [0.05, 0.1) is 11.1 Å². The Morgan fingerprint density at radius 3 is 2.37 bits per heavy atom. The molecule has 0 aliphatic heterocycles. The topological polar surface area (TPSA) is 61.1 Å². The number of carboxylic acids is 1. The highest BCUT2D eigenvalue weighted by Gasteiger charge is 2.10. The molecule has 0 atom stereocenters. The number of rotatable bonds is 3. The van der Waals surface area contributed by atoms with Crippen LogP contribution in [0.1, 0.15) is 15.9 Å². The summed E-state index contributed by atoms with van der Waals surface area (Å²) < 4.78 is 1.15. The molecule has 0 aromatic heterocycles. The van der Waals surface area contributed by atoms with Crippen molar-refractivity contribution in [1.29, 1.82) is 5.26 Å². The van der Waals surface area contributed by atoms with Crippen LogP contribution in [0, 0.1) is 14.9 Å². The number of aromatic carboxylic acids is 1. The van der Waals surface area contributed by atoms with Crippen LogP contribution in [0.3, 0.4) is 0 Å². The molecule has 3 nitrogen and oxygen atoms in total. The number of benzene rings is 2. The van der Waals surface area contributed by atoms with Gasteiger partial charge in [0.1, 0.15) is 6.07 Å². The van der Waals surface area contributed by atoms with Crippen molar-refractivity contribution in [2.24, 2.45) is 0 Å². The number of nitrogens with zero attached hydrogens (tertiary/aromatic N) is 1. The molecule has 1 N–H and O–H groups in total. The fourth-order valence-corrected chi connectivity index (χ4v) is 2.72. The Morgan fingerprint density at radius 2 is 1.79 bits per heavy atom. The summed E-state index contributed by atoms with van der Waals surface area (Å²) in [5, 5.41) is 17.9. The number of hydrogen-bond donors (Lipinski definition) is 1. The molecular formula is C14H8INO2S. The van der Waals surface area contributed by atoms with Crippen molar-refractivity contribution < 1.29 is 9.90 Å². The minimum Gasteiger partial charge on any atom is -0.478 e. The van der Waals surface area contributed by atoms with Gasteiger partial charge in [0, 0.05) is 13.4 Å². The first kappa shape index (κ1) is 13.9. The minimum absolute atomic E-state index is 0.0365. The van der Waals surface area contributed by atoms with Crippen molar-refractivity contribution in [3.8, 4) is 6.07 Å². The Bertz CT molecular complexity index is 662. The van der Waals surface area contributed by atoms with E-state index in [0.29, 0.717) is 0 Å². The highest BCUT2D eigenvalue weighted by molar-refractivity contribution is 14.1. The van der Waals surface area contributed by atoms with E-state index < -0.39 is 5.97 Å². The fraction of sp³-hybridized carbons (Fsp3) is 0. The molecule has 0 saturated carbocycles. The van der Waals surface area contributed by atoms with Crippen LogP contribution in [0.4, 0.5) is 0 Å². The molecule has 94 valence electrons. The maximum Gasteiger partial charge on any atom is 0.337 e. The molecule has 2 rings (SSSR count). The van der Waals surface area contributed by atoms with Gasteiger partial charge < -0.3 is 5.11 Å². The quantitative estimate of drug-likeness (QED) is 0.817. The van der Waals surface area contributed by atoms with E-state index in [4.69, 9.17) is 10.4 Å². The highest BCUT2D eigenvalue weighted by Crippen LogP contribution is 2.29. The predicted molar refractivity (Wildman–Crippen MR) is 81.4 cm³/mol. The largest absolute Gasteiger partial charge is 0.478 e. The summed E-state index contributed by atoms with van der Waals surface area (Å²) in [7, 11) is 0. The Kier molecular flexibility index (Phi) is 4.45. The van der Waals surface area contributed by atoms with Crippen LogP contribution in [-0.2, 0) is 0 Å². The normalized spacial score (nSPS) is 9.89. The van der Waals surface area contributed by atoms with Gasteiger partial charge in [0.15, 0.2) is 0 Å². The van der Waals surface area contributed by atoms with Crippen molar-refractivity contribution >= 4 is 40.3 Å². The minimum atomic E-state index is -1.08. The number of carbonyl (C=O) groups is 1. The lowest BCUT2D eigenvalue weighted by Crippen LogP contribution is -1.99. The van der Waals surface area contributed by atoms with Gasteiger partial charge in [-0.25, -0.2) is 4.79 Å². The Hall–Kier alpha value is -1.52. The van der Waals surface area contributed by atoms with Crippen molar-refractivity contribution in [1.82, 2.24) is 0 Å². The Morgan fingerprint density at radius 1 is 1.16 bits per heavy atom. The van der Waals surface area contributed by atoms with Crippen LogP contribution in [-0.4, -0.2) is 11.1 Å². The Labute approximate surface area is 128 Å². The van der Waals surface area contributed by atoms with Gasteiger partial charge in [0.25, 0.3) is 0 Å². The van der Waals surface area contributed by atoms with E-state index >= 15 is 0 Å². The third-order valence-electron chi connectivity index (χ3n) is 2.39. The zero-order chi connectivity index (χ0) is 13.8. The Balaban J connectivity index is 2.29. The van der Waals surface area contributed by atoms with Gasteiger partial charge >= 0.3 is 5.97 Å². The molecule has 0 spiro atoms. The van der Waals surface area contributed by atoms with E-state index in [1.807, 2.05) is 30.3 Å². The number of hydrogen-bond acceptors (Lipinski definition) is 3. The highest BCUT2D eigenvalue weighted by atomic mass is 127. The average Bonchev–Trinajstić information content (AvgIpc) is 2.41. The van der Waals surface area contributed by atoms with Gasteiger partial charge in [-0.3, -0.25) is 0 Å². The molecule has 0 heterocycles. The molecule has 5 heteroatoms. The summed E-state index contributed by atoms with van der Waals surface area (Å²) in [6, 6.07) is 14.7. The molecule has 19 heavy (non-hydrogen) atoms. The lowest BCUT2D eigenvalue weighted by Gasteiger charge is -2.04. The van der Waals surface area contributed by atoms with E-state index in [0.717, 1.165) is 13.4 Å². The van der Waals surface area contributed by atoms with Crippen LogP contribution >= 0.6 is 34.4 Å². The predicted octanol–water partition coefficient (Wildman–Crippen LogP) is 4.01. The third kappa shape index (κ3) is 3.49. The smallest absolute Gasteiger partial charge is 0.337 e. The van der Waals surface area contributed by atoms with E-state index in [2.05, 4.69) is 22.6 Å². The van der Waals surface area contributed by atoms with E-state index in [1.54, 1.807) is 12.1 Å². The van der Waals surface area contributed by atoms with Gasteiger partial charge in [0.2, 0.25) is 0 Å². The van der Waals surface area contributed by atoms with Crippen LogP contribution in [0.2, 0.25) is 0 Å². The van der Waals surface area contributed by atoms with Gasteiger partial charge in [-0.2, -0.15) is 5.26 Å². The monoisotopic (exact) mass is 381 g/mol. The van der Waals surface area contributed by atoms with E-state index in [9.17, 15) is 4.79 Å². The van der Waals surface area contributed by atoms with Gasteiger partial charge in [-0.15, -0.1) is 0 Å². The maximum atomic E-state index is 10.9. The lowest BCUT2D eigenvalue weighted by molar-refractivity contribution is 0.0696. The standard InChI is InChI=1S/C14H8INO2S/c15-10-1-3-11(4-2-10)19-12-5-6-13(14(17)18)9(7-12)8-16/h1-7H,(H,17,18). The van der Waals surface area contributed by atoms with Crippen molar-refractivity contribution in [2.45, 2.75) is 9.79 Å². The van der Waals surface area contributed by atoms with E-state index in [1.165, 1.54) is 17.8 Å². The number of halogens is 1. The molecule has 0 aliphatic carbocycles. The van der Waals surface area contributed by atoms with Crippen molar-refractivity contribution in [2.75, 3.05) is 0 Å². The molecule has 2 aromatic carbocycles. The molecule has 2 aromatic rings. The zero-order valence-corrected chi connectivity index (χ0v) is 12.6. The second-order valence-electron chi connectivity index (χ2n) is 3.68. The van der Waals surface area contributed by atoms with E-state index in [-0.39, 0.29) is 11.1 Å². The molecular weight excluding hydrogens is 373 g/mol. The van der Waals surface area contributed by atoms with Gasteiger partial charge in [-0.05, 0) is 65.1 Å². The lowest BCUT2D eigenvalue weighted by atomic mass is 10.1. The summed E-state index contributed by atoms with van der Waals surface area (Å²) in [5.41, 5.74) is 0.220. The first-order chi connectivity index (χ1) is 9.10. The third-order valence-corrected chi connectivity index (χ3v) is 4.11. The summed E-state index contributed by atoms with van der Waals surface area (Å²) in [6.07, 6.45) is 0. The number of carboxylic acid groups (broad SMARTS) is 1. The fourth-order valence-electron chi connectivity index (χ4n) is 1.50. The first-order valence-corrected chi connectivity index (χ1v) is 7.20. The summed E-state index contributed by atoms with van der Waals surface area (Å²) in [5.74, 6) is -1.08. The zero-order valence-electron chi connectivity index (χ0n) is 9.63. The summed E-state index contributed by atoms with van der Waals surface area (Å²) in [4.78, 5) is 12.8. The SMILES string of the molecule is N#Cc1cc(Sc2ccc(I)cc2)ccc1C(=O)O. The maximum absolute atomic E-state index is 10.9. The van der Waals surface area contributed by atoms with Crippen molar-refractivity contribution in [3.05, 3.63) is 57.2 Å². The average molecular weight is 381 g/mol. The molecule has 0 fully saturated rings. The van der Waals surface area contributed by atoms with Crippen LogP contribution in [0.25, 0.3) is 0 Å². The number of nitriles is 1. The summed E-state index contributed by atoms with van der Waals surface area (Å²) in [6.45, 7) is 0. The second kappa shape index (κ2) is 6.08. The van der Waals surface area contributed by atoms with Crippen molar-refractivity contribution in [3.63, 3.8) is 0 Å². The summed E-state index contributed by atoms with van der Waals surface area (Å²) >= 11 is 3.73. The molecule has 0 saturated heterocycles. The molecule has 0 unspecified atom stereocenters. The van der Waals surface area contributed by atoms with Gasteiger partial charge in [-0.1, -0.05) is 11.8 Å². The first-order valence-electron chi connectivity index (χ1n) is 5.31. The molecule has 0 aliphatic rings.